The summed E-state index contributed by atoms with van der Waals surface area (Å²) in [5.41, 5.74) is 8.60. The fourth-order valence-electron chi connectivity index (χ4n) is 2.30. The van der Waals surface area contributed by atoms with E-state index in [1.165, 1.54) is 5.56 Å². The second-order valence-electron chi connectivity index (χ2n) is 4.68. The van der Waals surface area contributed by atoms with Crippen molar-refractivity contribution < 1.29 is 0 Å². The molecule has 1 aromatic heterocycles. The van der Waals surface area contributed by atoms with Crippen LogP contribution in [0.15, 0.2) is 54.9 Å². The van der Waals surface area contributed by atoms with E-state index in [4.69, 9.17) is 5.73 Å². The normalized spacial score (nSPS) is 14.1. The molecule has 2 rings (SSSR count). The summed E-state index contributed by atoms with van der Waals surface area (Å²) in [5, 5.41) is 0. The number of unbranched alkanes of at least 4 members (excludes halogenated alkanes) is 1. The molecule has 0 unspecified atom stereocenters. The average Bonchev–Trinajstić information content (AvgIpc) is 2.46. The third kappa shape index (κ3) is 2.59. The van der Waals surface area contributed by atoms with Gasteiger partial charge in [-0.1, -0.05) is 50.1 Å². The second-order valence-corrected chi connectivity index (χ2v) is 4.68. The third-order valence-electron chi connectivity index (χ3n) is 3.41. The number of rotatable bonds is 5. The number of aromatic nitrogens is 1. The molecular weight excluding hydrogens is 220 g/mol. The third-order valence-corrected chi connectivity index (χ3v) is 3.41. The highest BCUT2D eigenvalue weighted by Gasteiger charge is 2.28. The Bertz CT molecular complexity index is 425. The van der Waals surface area contributed by atoms with Crippen molar-refractivity contribution >= 4 is 0 Å². The Balaban J connectivity index is 2.41. The number of pyridine rings is 1. The zero-order valence-electron chi connectivity index (χ0n) is 10.8. The van der Waals surface area contributed by atoms with Crippen LogP contribution in [0.25, 0.3) is 0 Å². The molecule has 0 saturated carbocycles. The maximum Gasteiger partial charge on any atom is 0.0666 e. The molecule has 94 valence electrons. The van der Waals surface area contributed by atoms with Gasteiger partial charge in [0, 0.05) is 12.4 Å². The van der Waals surface area contributed by atoms with Crippen LogP contribution in [0.5, 0.6) is 0 Å². The number of benzene rings is 1. The highest BCUT2D eigenvalue weighted by atomic mass is 14.7. The topological polar surface area (TPSA) is 38.9 Å². The Labute approximate surface area is 109 Å². The van der Waals surface area contributed by atoms with Crippen LogP contribution in [0.3, 0.4) is 0 Å². The van der Waals surface area contributed by atoms with Crippen molar-refractivity contribution in [2.75, 3.05) is 0 Å². The monoisotopic (exact) mass is 240 g/mol. The smallest absolute Gasteiger partial charge is 0.0666 e. The Morgan fingerprint density at radius 2 is 1.61 bits per heavy atom. The molecule has 0 bridgehead atoms. The molecule has 2 nitrogen and oxygen atoms in total. The van der Waals surface area contributed by atoms with E-state index >= 15 is 0 Å². The van der Waals surface area contributed by atoms with Gasteiger partial charge in [-0.3, -0.25) is 4.98 Å². The van der Waals surface area contributed by atoms with Crippen LogP contribution in [-0.4, -0.2) is 4.98 Å². The molecule has 2 heteroatoms. The van der Waals surface area contributed by atoms with E-state index < -0.39 is 5.54 Å². The highest BCUT2D eigenvalue weighted by molar-refractivity contribution is 5.36. The molecule has 1 heterocycles. The van der Waals surface area contributed by atoms with Gasteiger partial charge in [0.05, 0.1) is 5.54 Å². The lowest BCUT2D eigenvalue weighted by molar-refractivity contribution is 0.468. The Kier molecular flexibility index (Phi) is 4.11. The Hall–Kier alpha value is -1.67. The molecule has 18 heavy (non-hydrogen) atoms. The lowest BCUT2D eigenvalue weighted by atomic mass is 9.80. The summed E-state index contributed by atoms with van der Waals surface area (Å²) in [6.45, 7) is 2.19. The molecule has 0 amide bonds. The molecule has 0 radical (unpaired) electrons. The molecule has 0 aliphatic heterocycles. The first-order valence-electron chi connectivity index (χ1n) is 6.52. The SMILES string of the molecule is CCCC[C@@](N)(c1ccccc1)c1ccncc1. The zero-order valence-corrected chi connectivity index (χ0v) is 10.8. The molecule has 0 fully saturated rings. The molecular formula is C16H20N2. The van der Waals surface area contributed by atoms with E-state index in [9.17, 15) is 0 Å². The van der Waals surface area contributed by atoms with Crippen molar-refractivity contribution in [2.45, 2.75) is 31.7 Å². The predicted octanol–water partition coefficient (Wildman–Crippen LogP) is 3.47. The summed E-state index contributed by atoms with van der Waals surface area (Å²) in [6, 6.07) is 14.4. The van der Waals surface area contributed by atoms with Gasteiger partial charge in [0.1, 0.15) is 0 Å². The van der Waals surface area contributed by atoms with Gasteiger partial charge < -0.3 is 5.73 Å². The van der Waals surface area contributed by atoms with E-state index in [0.29, 0.717) is 0 Å². The minimum atomic E-state index is -0.403. The number of hydrogen-bond acceptors (Lipinski definition) is 2. The quantitative estimate of drug-likeness (QED) is 0.869. The Morgan fingerprint density at radius 1 is 1.00 bits per heavy atom. The van der Waals surface area contributed by atoms with Crippen molar-refractivity contribution in [1.29, 1.82) is 0 Å². The van der Waals surface area contributed by atoms with Crippen molar-refractivity contribution in [2.24, 2.45) is 5.73 Å². The minimum Gasteiger partial charge on any atom is -0.318 e. The standard InChI is InChI=1S/C16H20N2/c1-2-3-11-16(17,14-7-5-4-6-8-14)15-9-12-18-13-10-15/h4-10,12-13H,2-3,11,17H2,1H3/t16-/m1/s1. The minimum absolute atomic E-state index is 0.403. The summed E-state index contributed by atoms with van der Waals surface area (Å²) >= 11 is 0. The van der Waals surface area contributed by atoms with Crippen LogP contribution in [-0.2, 0) is 5.54 Å². The van der Waals surface area contributed by atoms with Gasteiger partial charge in [-0.05, 0) is 29.7 Å². The predicted molar refractivity (Wildman–Crippen MR) is 75.2 cm³/mol. The van der Waals surface area contributed by atoms with E-state index in [-0.39, 0.29) is 0 Å². The van der Waals surface area contributed by atoms with Crippen molar-refractivity contribution in [3.8, 4) is 0 Å². The summed E-state index contributed by atoms with van der Waals surface area (Å²) in [7, 11) is 0. The molecule has 2 N–H and O–H groups in total. The molecule has 1 atom stereocenters. The second kappa shape index (κ2) is 5.78. The first-order valence-corrected chi connectivity index (χ1v) is 6.52. The van der Waals surface area contributed by atoms with Gasteiger partial charge in [-0.15, -0.1) is 0 Å². The van der Waals surface area contributed by atoms with Crippen LogP contribution in [0.4, 0.5) is 0 Å². The molecule has 2 aromatic rings. The van der Waals surface area contributed by atoms with Gasteiger partial charge in [0.2, 0.25) is 0 Å². The van der Waals surface area contributed by atoms with Crippen LogP contribution >= 0.6 is 0 Å². The largest absolute Gasteiger partial charge is 0.318 e. The van der Waals surface area contributed by atoms with Gasteiger partial charge in [-0.2, -0.15) is 0 Å². The van der Waals surface area contributed by atoms with Crippen LogP contribution in [0.1, 0.15) is 37.3 Å². The average molecular weight is 240 g/mol. The first kappa shape index (κ1) is 12.8. The summed E-state index contributed by atoms with van der Waals surface area (Å²) < 4.78 is 0. The van der Waals surface area contributed by atoms with E-state index in [1.807, 2.05) is 42.7 Å². The maximum atomic E-state index is 6.70. The van der Waals surface area contributed by atoms with Gasteiger partial charge in [0.25, 0.3) is 0 Å². The molecule has 0 aliphatic carbocycles. The van der Waals surface area contributed by atoms with E-state index in [0.717, 1.165) is 24.8 Å². The summed E-state index contributed by atoms with van der Waals surface area (Å²) in [6.07, 6.45) is 6.85. The first-order chi connectivity index (χ1) is 8.77. The fourth-order valence-corrected chi connectivity index (χ4v) is 2.30. The number of nitrogens with zero attached hydrogens (tertiary/aromatic N) is 1. The summed E-state index contributed by atoms with van der Waals surface area (Å²) in [4.78, 5) is 4.08. The fraction of sp³-hybridized carbons (Fsp3) is 0.312. The van der Waals surface area contributed by atoms with Crippen LogP contribution in [0, 0.1) is 0 Å². The molecule has 0 spiro atoms. The van der Waals surface area contributed by atoms with E-state index in [2.05, 4.69) is 24.0 Å². The maximum absolute atomic E-state index is 6.70. The van der Waals surface area contributed by atoms with Crippen molar-refractivity contribution in [1.82, 2.24) is 4.98 Å². The highest BCUT2D eigenvalue weighted by Crippen LogP contribution is 2.31. The van der Waals surface area contributed by atoms with Gasteiger partial charge >= 0.3 is 0 Å². The van der Waals surface area contributed by atoms with E-state index in [1.54, 1.807) is 0 Å². The molecule has 0 saturated heterocycles. The van der Waals surface area contributed by atoms with Crippen molar-refractivity contribution in [3.63, 3.8) is 0 Å². The lowest BCUT2D eigenvalue weighted by Crippen LogP contribution is -2.37. The van der Waals surface area contributed by atoms with Crippen molar-refractivity contribution in [3.05, 3.63) is 66.0 Å². The number of hydrogen-bond donors (Lipinski definition) is 1. The molecule has 0 aliphatic rings. The van der Waals surface area contributed by atoms with Crippen LogP contribution in [0.2, 0.25) is 0 Å². The lowest BCUT2D eigenvalue weighted by Gasteiger charge is -2.30. The van der Waals surface area contributed by atoms with Gasteiger partial charge in [0.15, 0.2) is 0 Å². The zero-order chi connectivity index (χ0) is 12.8. The Morgan fingerprint density at radius 3 is 2.22 bits per heavy atom. The van der Waals surface area contributed by atoms with Gasteiger partial charge in [-0.25, -0.2) is 0 Å². The number of nitrogens with two attached hydrogens (primary N) is 1. The molecule has 1 aromatic carbocycles. The van der Waals surface area contributed by atoms with Crippen LogP contribution < -0.4 is 5.73 Å². The summed E-state index contributed by atoms with van der Waals surface area (Å²) in [5.74, 6) is 0.